The first-order valence-corrected chi connectivity index (χ1v) is 6.68. The van der Waals surface area contributed by atoms with Crippen LogP contribution in [0.2, 0.25) is 5.02 Å². The molecule has 0 atom stereocenters. The molecule has 102 valence electrons. The molecule has 1 N–H and O–H groups in total. The Labute approximate surface area is 119 Å². The van der Waals surface area contributed by atoms with Crippen LogP contribution in [0.25, 0.3) is 0 Å². The van der Waals surface area contributed by atoms with Crippen molar-refractivity contribution >= 4 is 35.3 Å². The number of carboxylic acid groups (broad SMARTS) is 1. The summed E-state index contributed by atoms with van der Waals surface area (Å²) >= 11 is 6.95. The molecule has 0 saturated heterocycles. The lowest BCUT2D eigenvalue weighted by atomic mass is 10.2. The van der Waals surface area contributed by atoms with Gasteiger partial charge in [-0.3, -0.25) is 0 Å². The molecule has 0 aliphatic heterocycles. The lowest BCUT2D eigenvalue weighted by molar-refractivity contribution is -0.138. The van der Waals surface area contributed by atoms with Crippen LogP contribution >= 0.6 is 23.4 Å². The number of benzene rings is 1. The number of carbonyl (C=O) groups is 2. The van der Waals surface area contributed by atoms with Crippen molar-refractivity contribution in [1.82, 2.24) is 0 Å². The summed E-state index contributed by atoms with van der Waals surface area (Å²) in [5.41, 5.74) is -0.136. The van der Waals surface area contributed by atoms with E-state index in [1.54, 1.807) is 6.26 Å². The third-order valence-electron chi connectivity index (χ3n) is 2.00. The smallest absolute Gasteiger partial charge is 0.374 e. The van der Waals surface area contributed by atoms with Gasteiger partial charge in [0.2, 0.25) is 5.76 Å². The van der Waals surface area contributed by atoms with Crippen LogP contribution in [-0.2, 0) is 9.53 Å². The van der Waals surface area contributed by atoms with Crippen LogP contribution in [0.1, 0.15) is 10.4 Å². The number of carboxylic acids is 1. The molecule has 0 heterocycles. The van der Waals surface area contributed by atoms with Gasteiger partial charge < -0.3 is 14.6 Å². The maximum Gasteiger partial charge on any atom is 0.374 e. The molecule has 0 amide bonds. The fourth-order valence-corrected chi connectivity index (χ4v) is 1.73. The summed E-state index contributed by atoms with van der Waals surface area (Å²) in [4.78, 5) is 22.5. The molecule has 0 aliphatic carbocycles. The summed E-state index contributed by atoms with van der Waals surface area (Å²) in [5.74, 6) is -1.98. The first kappa shape index (κ1) is 15.4. The molecule has 1 aromatic rings. The van der Waals surface area contributed by atoms with Gasteiger partial charge in [-0.15, -0.1) is 11.8 Å². The highest BCUT2D eigenvalue weighted by atomic mass is 35.5. The number of methoxy groups -OCH3 is 1. The molecule has 1 aromatic carbocycles. The fourth-order valence-electron chi connectivity index (χ4n) is 1.20. The number of esters is 1. The second-order valence-corrected chi connectivity index (χ2v) is 4.40. The number of halogens is 1. The largest absolute Gasteiger partial charge is 0.478 e. The first-order chi connectivity index (χ1) is 8.99. The molecule has 0 aliphatic rings. The maximum atomic E-state index is 11.5. The van der Waals surface area contributed by atoms with Gasteiger partial charge in [0.15, 0.2) is 0 Å². The standard InChI is InChI=1S/C12H11ClO5S/c1-17-12(16)10(6-19-2)18-9-4-3-7(13)5-8(9)11(14)15/h3-6H,1-2H3,(H,14,15)/b10-6+. The number of hydrogen-bond acceptors (Lipinski definition) is 5. The highest BCUT2D eigenvalue weighted by molar-refractivity contribution is 8.01. The van der Waals surface area contributed by atoms with Crippen molar-refractivity contribution < 1.29 is 24.2 Å². The molecular weight excluding hydrogens is 292 g/mol. The molecule has 0 radical (unpaired) electrons. The minimum atomic E-state index is -1.20. The van der Waals surface area contributed by atoms with Crippen molar-refractivity contribution in [2.75, 3.05) is 13.4 Å². The van der Waals surface area contributed by atoms with Crippen LogP contribution in [0.5, 0.6) is 5.75 Å². The molecule has 7 heteroatoms. The Morgan fingerprint density at radius 2 is 2.11 bits per heavy atom. The summed E-state index contributed by atoms with van der Waals surface area (Å²) in [5, 5.41) is 10.7. The molecule has 0 aromatic heterocycles. The van der Waals surface area contributed by atoms with Crippen LogP contribution in [0.15, 0.2) is 29.4 Å². The zero-order valence-corrected chi connectivity index (χ0v) is 11.7. The zero-order valence-electron chi connectivity index (χ0n) is 10.2. The Kier molecular flexibility index (Phi) is 5.72. The molecule has 0 spiro atoms. The highest BCUT2D eigenvalue weighted by Crippen LogP contribution is 2.25. The maximum absolute atomic E-state index is 11.5. The summed E-state index contributed by atoms with van der Waals surface area (Å²) in [6.07, 6.45) is 1.73. The number of aromatic carboxylic acids is 1. The van der Waals surface area contributed by atoms with Gasteiger partial charge in [0.05, 0.1) is 7.11 Å². The van der Waals surface area contributed by atoms with Gasteiger partial charge in [0.25, 0.3) is 0 Å². The number of rotatable bonds is 5. The number of hydrogen-bond donors (Lipinski definition) is 1. The molecule has 0 saturated carbocycles. The SMILES string of the molecule is COC(=O)/C(=C\SC)Oc1ccc(Cl)cc1C(=O)O. The van der Waals surface area contributed by atoms with Gasteiger partial charge in [0.1, 0.15) is 11.3 Å². The molecular formula is C12H11ClO5S. The minimum Gasteiger partial charge on any atom is -0.478 e. The predicted octanol–water partition coefficient (Wildman–Crippen LogP) is 2.79. The van der Waals surface area contributed by atoms with Crippen molar-refractivity contribution in [2.24, 2.45) is 0 Å². The van der Waals surface area contributed by atoms with Crippen molar-refractivity contribution in [3.05, 3.63) is 40.0 Å². The second-order valence-electron chi connectivity index (χ2n) is 3.26. The van der Waals surface area contributed by atoms with E-state index in [2.05, 4.69) is 4.74 Å². The molecule has 0 fully saturated rings. The number of thioether (sulfide) groups is 1. The van der Waals surface area contributed by atoms with Gasteiger partial charge >= 0.3 is 11.9 Å². The van der Waals surface area contributed by atoms with Gasteiger partial charge in [-0.05, 0) is 24.5 Å². The summed E-state index contributed by atoms with van der Waals surface area (Å²) in [6.45, 7) is 0. The summed E-state index contributed by atoms with van der Waals surface area (Å²) in [7, 11) is 1.21. The highest BCUT2D eigenvalue weighted by Gasteiger charge is 2.17. The number of ether oxygens (including phenoxy) is 2. The average molecular weight is 303 g/mol. The second kappa shape index (κ2) is 7.06. The van der Waals surface area contributed by atoms with Gasteiger partial charge in [-0.25, -0.2) is 9.59 Å². The normalized spacial score (nSPS) is 11.0. The number of carbonyl (C=O) groups excluding carboxylic acids is 1. The van der Waals surface area contributed by atoms with E-state index in [0.29, 0.717) is 0 Å². The van der Waals surface area contributed by atoms with E-state index in [0.717, 1.165) is 0 Å². The van der Waals surface area contributed by atoms with Crippen LogP contribution in [0.4, 0.5) is 0 Å². The van der Waals surface area contributed by atoms with E-state index in [1.165, 1.54) is 42.5 Å². The molecule has 0 bridgehead atoms. The van der Waals surface area contributed by atoms with Gasteiger partial charge in [-0.1, -0.05) is 11.6 Å². The van der Waals surface area contributed by atoms with Crippen LogP contribution in [-0.4, -0.2) is 30.4 Å². The topological polar surface area (TPSA) is 72.8 Å². The lowest BCUT2D eigenvalue weighted by Crippen LogP contribution is -2.12. The van der Waals surface area contributed by atoms with Crippen LogP contribution < -0.4 is 4.74 Å². The Balaban J connectivity index is 3.13. The third-order valence-corrected chi connectivity index (χ3v) is 2.69. The molecule has 1 rings (SSSR count). The van der Waals surface area contributed by atoms with E-state index >= 15 is 0 Å². The Morgan fingerprint density at radius 1 is 1.42 bits per heavy atom. The zero-order chi connectivity index (χ0) is 14.4. The van der Waals surface area contributed by atoms with Crippen LogP contribution in [0, 0.1) is 0 Å². The summed E-state index contributed by atoms with van der Waals surface area (Å²) < 4.78 is 9.82. The van der Waals surface area contributed by atoms with E-state index in [4.69, 9.17) is 21.4 Å². The minimum absolute atomic E-state index is 0.0163. The average Bonchev–Trinajstić information content (AvgIpc) is 2.38. The van der Waals surface area contributed by atoms with Crippen molar-refractivity contribution in [3.63, 3.8) is 0 Å². The van der Waals surface area contributed by atoms with Crippen molar-refractivity contribution in [1.29, 1.82) is 0 Å². The molecule has 5 nitrogen and oxygen atoms in total. The molecule has 0 unspecified atom stereocenters. The third kappa shape index (κ3) is 4.18. The van der Waals surface area contributed by atoms with Gasteiger partial charge in [0, 0.05) is 10.4 Å². The van der Waals surface area contributed by atoms with Crippen molar-refractivity contribution in [3.8, 4) is 5.75 Å². The Bertz CT molecular complexity index is 527. The molecule has 19 heavy (non-hydrogen) atoms. The van der Waals surface area contributed by atoms with E-state index in [1.807, 2.05) is 0 Å². The summed E-state index contributed by atoms with van der Waals surface area (Å²) in [6, 6.07) is 4.09. The lowest BCUT2D eigenvalue weighted by Gasteiger charge is -2.10. The van der Waals surface area contributed by atoms with Gasteiger partial charge in [-0.2, -0.15) is 0 Å². The first-order valence-electron chi connectivity index (χ1n) is 5.01. The van der Waals surface area contributed by atoms with E-state index < -0.39 is 11.9 Å². The fraction of sp³-hybridized carbons (Fsp3) is 0.167. The van der Waals surface area contributed by atoms with Crippen molar-refractivity contribution in [2.45, 2.75) is 0 Å². The predicted molar refractivity (Wildman–Crippen MR) is 72.7 cm³/mol. The quantitative estimate of drug-likeness (QED) is 0.512. The Hall–Kier alpha value is -1.66. The van der Waals surface area contributed by atoms with E-state index in [-0.39, 0.29) is 22.1 Å². The Morgan fingerprint density at radius 3 is 2.63 bits per heavy atom. The monoisotopic (exact) mass is 302 g/mol. The van der Waals surface area contributed by atoms with Crippen LogP contribution in [0.3, 0.4) is 0 Å². The van der Waals surface area contributed by atoms with E-state index in [9.17, 15) is 9.59 Å².